The molecular weight excluding hydrogens is 244 g/mol. The number of anilines is 1. The van der Waals surface area contributed by atoms with Crippen LogP contribution in [0.25, 0.3) is 0 Å². The Hall–Kier alpha value is -1.40. The van der Waals surface area contributed by atoms with Crippen molar-refractivity contribution >= 4 is 23.5 Å². The highest BCUT2D eigenvalue weighted by Gasteiger charge is 2.31. The van der Waals surface area contributed by atoms with Crippen LogP contribution in [0.5, 0.6) is 5.88 Å². The van der Waals surface area contributed by atoms with Crippen molar-refractivity contribution in [3.63, 3.8) is 0 Å². The molecule has 2 rings (SSSR count). The first-order valence-electron chi connectivity index (χ1n) is 5.23. The van der Waals surface area contributed by atoms with Gasteiger partial charge in [-0.25, -0.2) is 4.98 Å². The van der Waals surface area contributed by atoms with Gasteiger partial charge < -0.3 is 10.5 Å². The number of carbonyl (C=O) groups excluding carboxylic acids is 1. The van der Waals surface area contributed by atoms with Crippen molar-refractivity contribution in [1.82, 2.24) is 9.97 Å². The van der Waals surface area contributed by atoms with Crippen LogP contribution >= 0.6 is 11.6 Å². The van der Waals surface area contributed by atoms with Crippen molar-refractivity contribution < 1.29 is 9.53 Å². The molecule has 1 aromatic heterocycles. The van der Waals surface area contributed by atoms with Crippen LogP contribution in [-0.2, 0) is 4.79 Å². The molecule has 2 heterocycles. The van der Waals surface area contributed by atoms with E-state index in [4.69, 9.17) is 22.1 Å². The number of nitrogens with two attached hydrogens (primary N) is 1. The molecule has 1 aliphatic heterocycles. The van der Waals surface area contributed by atoms with Gasteiger partial charge in [-0.2, -0.15) is 4.98 Å². The summed E-state index contributed by atoms with van der Waals surface area (Å²) in [6.07, 6.45) is 0.425. The van der Waals surface area contributed by atoms with Gasteiger partial charge in [-0.3, -0.25) is 9.69 Å². The third-order valence-corrected chi connectivity index (χ3v) is 2.84. The molecule has 0 spiro atoms. The second-order valence-electron chi connectivity index (χ2n) is 3.84. The smallest absolute Gasteiger partial charge is 0.236 e. The van der Waals surface area contributed by atoms with E-state index in [1.54, 1.807) is 0 Å². The summed E-state index contributed by atoms with van der Waals surface area (Å²) in [6, 6.07) is 1.49. The molecule has 1 atom stereocenters. The molecule has 1 amide bonds. The van der Waals surface area contributed by atoms with E-state index >= 15 is 0 Å². The van der Waals surface area contributed by atoms with Crippen LogP contribution in [0.3, 0.4) is 0 Å². The van der Waals surface area contributed by atoms with E-state index in [2.05, 4.69) is 9.97 Å². The number of amides is 1. The molecule has 7 heteroatoms. The fraction of sp³-hybridized carbons (Fsp3) is 0.500. The van der Waals surface area contributed by atoms with Gasteiger partial charge in [-0.05, 0) is 12.5 Å². The van der Waals surface area contributed by atoms with E-state index < -0.39 is 0 Å². The van der Waals surface area contributed by atoms with Crippen LogP contribution in [0.15, 0.2) is 6.07 Å². The van der Waals surface area contributed by atoms with Gasteiger partial charge in [0.25, 0.3) is 0 Å². The summed E-state index contributed by atoms with van der Waals surface area (Å²) in [7, 11) is 1.48. The molecule has 92 valence electrons. The first-order chi connectivity index (χ1) is 8.13. The lowest BCUT2D eigenvalue weighted by Crippen LogP contribution is -2.27. The number of aromatic nitrogens is 2. The first kappa shape index (κ1) is 12.1. The zero-order valence-electron chi connectivity index (χ0n) is 9.39. The topological polar surface area (TPSA) is 81.3 Å². The Kier molecular flexibility index (Phi) is 3.44. The van der Waals surface area contributed by atoms with Crippen LogP contribution in [0.4, 0.5) is 5.95 Å². The molecule has 1 unspecified atom stereocenters. The SMILES string of the molecule is COc1cc(Cl)nc(N2CC(CN)CC2=O)n1. The molecule has 17 heavy (non-hydrogen) atoms. The Labute approximate surface area is 104 Å². The molecule has 0 bridgehead atoms. The standard InChI is InChI=1S/C10H13ClN4O2/c1-17-8-3-7(11)13-10(14-8)15-5-6(4-12)2-9(15)16/h3,6H,2,4-5,12H2,1H3. The maximum absolute atomic E-state index is 11.8. The van der Waals surface area contributed by atoms with Gasteiger partial charge in [0.05, 0.1) is 7.11 Å². The summed E-state index contributed by atoms with van der Waals surface area (Å²) in [5.41, 5.74) is 5.55. The number of methoxy groups -OCH3 is 1. The Morgan fingerprint density at radius 1 is 1.65 bits per heavy atom. The molecule has 1 aliphatic rings. The highest BCUT2D eigenvalue weighted by Crippen LogP contribution is 2.24. The largest absolute Gasteiger partial charge is 0.481 e. The van der Waals surface area contributed by atoms with Crippen LogP contribution in [0, 0.1) is 5.92 Å². The fourth-order valence-electron chi connectivity index (χ4n) is 1.74. The lowest BCUT2D eigenvalue weighted by Gasteiger charge is -2.14. The van der Waals surface area contributed by atoms with E-state index in [-0.39, 0.29) is 22.9 Å². The molecule has 1 saturated heterocycles. The van der Waals surface area contributed by atoms with Gasteiger partial charge in [-0.1, -0.05) is 11.6 Å². The second kappa shape index (κ2) is 4.85. The number of halogens is 1. The van der Waals surface area contributed by atoms with Crippen molar-refractivity contribution in [3.8, 4) is 5.88 Å². The van der Waals surface area contributed by atoms with Gasteiger partial charge in [-0.15, -0.1) is 0 Å². The summed E-state index contributed by atoms with van der Waals surface area (Å²) >= 11 is 5.83. The number of nitrogens with zero attached hydrogens (tertiary/aromatic N) is 3. The van der Waals surface area contributed by atoms with Crippen molar-refractivity contribution in [2.24, 2.45) is 11.7 Å². The van der Waals surface area contributed by atoms with Crippen LogP contribution in [0.2, 0.25) is 5.15 Å². The minimum Gasteiger partial charge on any atom is -0.481 e. The van der Waals surface area contributed by atoms with Crippen molar-refractivity contribution in [2.45, 2.75) is 6.42 Å². The summed E-state index contributed by atoms with van der Waals surface area (Å²) in [6.45, 7) is 0.999. The summed E-state index contributed by atoms with van der Waals surface area (Å²) in [5, 5.41) is 0.246. The van der Waals surface area contributed by atoms with E-state index in [9.17, 15) is 4.79 Å². The Balaban J connectivity index is 2.28. The number of ether oxygens (including phenoxy) is 1. The number of hydrogen-bond donors (Lipinski definition) is 1. The van der Waals surface area contributed by atoms with Crippen molar-refractivity contribution in [2.75, 3.05) is 25.1 Å². The van der Waals surface area contributed by atoms with Crippen LogP contribution in [-0.4, -0.2) is 36.1 Å². The minimum absolute atomic E-state index is 0.0373. The van der Waals surface area contributed by atoms with Gasteiger partial charge in [0.15, 0.2) is 0 Å². The lowest BCUT2D eigenvalue weighted by molar-refractivity contribution is -0.117. The van der Waals surface area contributed by atoms with Gasteiger partial charge >= 0.3 is 0 Å². The highest BCUT2D eigenvalue weighted by molar-refractivity contribution is 6.29. The molecule has 0 aliphatic carbocycles. The third kappa shape index (κ3) is 2.48. The fourth-order valence-corrected chi connectivity index (χ4v) is 1.91. The average molecular weight is 257 g/mol. The number of carbonyl (C=O) groups is 1. The molecular formula is C10H13ClN4O2. The van der Waals surface area contributed by atoms with Crippen molar-refractivity contribution in [1.29, 1.82) is 0 Å². The number of rotatable bonds is 3. The number of hydrogen-bond acceptors (Lipinski definition) is 5. The molecule has 2 N–H and O–H groups in total. The van der Waals surface area contributed by atoms with E-state index in [1.807, 2.05) is 0 Å². The predicted molar refractivity (Wildman–Crippen MR) is 63.1 cm³/mol. The molecule has 6 nitrogen and oxygen atoms in total. The third-order valence-electron chi connectivity index (χ3n) is 2.65. The maximum Gasteiger partial charge on any atom is 0.236 e. The Morgan fingerprint density at radius 2 is 2.41 bits per heavy atom. The summed E-state index contributed by atoms with van der Waals surface area (Å²) < 4.78 is 4.99. The zero-order chi connectivity index (χ0) is 12.4. The maximum atomic E-state index is 11.8. The monoisotopic (exact) mass is 256 g/mol. The summed E-state index contributed by atoms with van der Waals surface area (Å²) in [4.78, 5) is 21.4. The summed E-state index contributed by atoms with van der Waals surface area (Å²) in [5.74, 6) is 0.722. The zero-order valence-corrected chi connectivity index (χ0v) is 10.1. The van der Waals surface area contributed by atoms with Crippen molar-refractivity contribution in [3.05, 3.63) is 11.2 Å². The predicted octanol–water partition coefficient (Wildman–Crippen LogP) is 0.450. The molecule has 0 saturated carbocycles. The second-order valence-corrected chi connectivity index (χ2v) is 4.23. The molecule has 0 radical (unpaired) electrons. The first-order valence-corrected chi connectivity index (χ1v) is 5.61. The average Bonchev–Trinajstić information content (AvgIpc) is 2.69. The van der Waals surface area contributed by atoms with Gasteiger partial charge in [0.1, 0.15) is 5.15 Å². The molecule has 0 aromatic carbocycles. The minimum atomic E-state index is -0.0373. The van der Waals surface area contributed by atoms with E-state index in [0.29, 0.717) is 25.4 Å². The lowest BCUT2D eigenvalue weighted by atomic mass is 10.1. The van der Waals surface area contributed by atoms with Gasteiger partial charge in [0, 0.05) is 19.0 Å². The quantitative estimate of drug-likeness (QED) is 0.794. The molecule has 1 fully saturated rings. The van der Waals surface area contributed by atoms with Crippen LogP contribution < -0.4 is 15.4 Å². The molecule has 1 aromatic rings. The van der Waals surface area contributed by atoms with Gasteiger partial charge in [0.2, 0.25) is 17.7 Å². The normalized spacial score (nSPS) is 19.8. The highest BCUT2D eigenvalue weighted by atomic mass is 35.5. The van der Waals surface area contributed by atoms with E-state index in [0.717, 1.165) is 0 Å². The Morgan fingerprint density at radius 3 is 3.00 bits per heavy atom. The van der Waals surface area contributed by atoms with Crippen LogP contribution in [0.1, 0.15) is 6.42 Å². The van der Waals surface area contributed by atoms with E-state index in [1.165, 1.54) is 18.1 Å². The Bertz CT molecular complexity index is 440.